The highest BCUT2D eigenvalue weighted by molar-refractivity contribution is 4.83. The molecule has 2 rings (SSSR count). The van der Waals surface area contributed by atoms with E-state index in [0.29, 0.717) is 18.6 Å². The maximum atomic E-state index is 13.9. The zero-order valence-electron chi connectivity index (χ0n) is 18.5. The van der Waals surface area contributed by atoms with Crippen LogP contribution >= 0.6 is 0 Å². The molecule has 0 saturated carbocycles. The molecule has 0 spiro atoms. The Morgan fingerprint density at radius 1 is 0.962 bits per heavy atom. The van der Waals surface area contributed by atoms with Crippen LogP contribution < -0.4 is 0 Å². The van der Waals surface area contributed by atoms with Gasteiger partial charge in [-0.3, -0.25) is 4.90 Å². The van der Waals surface area contributed by atoms with Gasteiger partial charge in [-0.05, 0) is 52.1 Å². The summed E-state index contributed by atoms with van der Waals surface area (Å²) in [6.45, 7) is 18.9. The lowest BCUT2D eigenvalue weighted by Crippen LogP contribution is -2.48. The van der Waals surface area contributed by atoms with E-state index in [2.05, 4.69) is 23.6 Å². The highest BCUT2D eigenvalue weighted by Gasteiger charge is 2.30. The molecule has 0 amide bonds. The van der Waals surface area contributed by atoms with Gasteiger partial charge in [0.05, 0.1) is 18.8 Å². The quantitative estimate of drug-likeness (QED) is 0.664. The van der Waals surface area contributed by atoms with Gasteiger partial charge in [-0.1, -0.05) is 27.7 Å². The second-order valence-corrected chi connectivity index (χ2v) is 7.04. The molecule has 2 aliphatic heterocycles. The van der Waals surface area contributed by atoms with Crippen molar-refractivity contribution in [1.29, 1.82) is 0 Å². The van der Waals surface area contributed by atoms with Crippen LogP contribution in [0.4, 0.5) is 4.39 Å². The van der Waals surface area contributed by atoms with Crippen LogP contribution in [0.3, 0.4) is 0 Å². The van der Waals surface area contributed by atoms with Crippen LogP contribution in [0, 0.1) is 5.92 Å². The fourth-order valence-corrected chi connectivity index (χ4v) is 3.55. The standard InChI is InChI=1S/C17H33FN2O2.2C2H6/c1-14(2)22-11-10-19-7-4-15(5-8-19)12-20-9-6-17(21-3)16(18)13-20;2*1-2/h14-17H,4-13H2,1-3H3;2*1-2H3. The smallest absolute Gasteiger partial charge is 0.139 e. The van der Waals surface area contributed by atoms with Crippen molar-refractivity contribution in [3.05, 3.63) is 0 Å². The Kier molecular flexibility index (Phi) is 15.7. The van der Waals surface area contributed by atoms with Crippen LogP contribution in [0.1, 0.15) is 60.8 Å². The Labute approximate surface area is 162 Å². The Balaban J connectivity index is 0.00000146. The zero-order valence-corrected chi connectivity index (χ0v) is 18.5. The van der Waals surface area contributed by atoms with Crippen molar-refractivity contribution in [2.24, 2.45) is 5.92 Å². The fraction of sp³-hybridized carbons (Fsp3) is 1.00. The number of hydrogen-bond acceptors (Lipinski definition) is 4. The molecular formula is C21H45FN2O2. The molecule has 0 aliphatic carbocycles. The molecule has 2 fully saturated rings. The number of alkyl halides is 1. The van der Waals surface area contributed by atoms with E-state index in [1.165, 1.54) is 12.8 Å². The van der Waals surface area contributed by atoms with Crippen molar-refractivity contribution in [3.63, 3.8) is 0 Å². The number of likely N-dealkylation sites (tertiary alicyclic amines) is 2. The highest BCUT2D eigenvalue weighted by atomic mass is 19.1. The molecule has 2 unspecified atom stereocenters. The summed E-state index contributed by atoms with van der Waals surface area (Å²) in [5, 5.41) is 0. The summed E-state index contributed by atoms with van der Waals surface area (Å²) in [7, 11) is 1.62. The van der Waals surface area contributed by atoms with Gasteiger partial charge < -0.3 is 14.4 Å². The van der Waals surface area contributed by atoms with Gasteiger partial charge >= 0.3 is 0 Å². The average molecular weight is 377 g/mol. The first-order chi connectivity index (χ1) is 12.6. The molecule has 0 radical (unpaired) electrons. The summed E-state index contributed by atoms with van der Waals surface area (Å²) >= 11 is 0. The van der Waals surface area contributed by atoms with Crippen LogP contribution in [-0.4, -0.2) is 81.2 Å². The topological polar surface area (TPSA) is 24.9 Å². The molecule has 0 bridgehead atoms. The summed E-state index contributed by atoms with van der Waals surface area (Å²) in [4.78, 5) is 4.79. The van der Waals surface area contributed by atoms with Gasteiger partial charge in [-0.2, -0.15) is 0 Å². The minimum Gasteiger partial charge on any atom is -0.378 e. The van der Waals surface area contributed by atoms with Crippen molar-refractivity contribution < 1.29 is 13.9 Å². The first kappa shape index (κ1) is 25.8. The predicted molar refractivity (Wildman–Crippen MR) is 110 cm³/mol. The zero-order chi connectivity index (χ0) is 19.9. The lowest BCUT2D eigenvalue weighted by molar-refractivity contribution is -0.0278. The number of hydrogen-bond donors (Lipinski definition) is 0. The minimum absolute atomic E-state index is 0.195. The number of piperidine rings is 2. The molecular weight excluding hydrogens is 331 g/mol. The van der Waals surface area contributed by atoms with Gasteiger partial charge in [0, 0.05) is 33.3 Å². The van der Waals surface area contributed by atoms with E-state index >= 15 is 0 Å². The molecule has 26 heavy (non-hydrogen) atoms. The molecule has 2 aliphatic rings. The van der Waals surface area contributed by atoms with E-state index in [4.69, 9.17) is 9.47 Å². The Hall–Kier alpha value is -0.230. The van der Waals surface area contributed by atoms with Crippen molar-refractivity contribution in [1.82, 2.24) is 9.80 Å². The van der Waals surface area contributed by atoms with Crippen molar-refractivity contribution in [3.8, 4) is 0 Å². The van der Waals surface area contributed by atoms with Crippen molar-refractivity contribution >= 4 is 0 Å². The molecule has 158 valence electrons. The molecule has 5 heteroatoms. The number of ether oxygens (including phenoxy) is 2. The third-order valence-electron chi connectivity index (χ3n) is 4.95. The average Bonchev–Trinajstić information content (AvgIpc) is 2.66. The summed E-state index contributed by atoms with van der Waals surface area (Å²) in [6, 6.07) is 0. The van der Waals surface area contributed by atoms with Crippen LogP contribution in [-0.2, 0) is 9.47 Å². The predicted octanol–water partition coefficient (Wildman–Crippen LogP) is 4.23. The van der Waals surface area contributed by atoms with Gasteiger partial charge in [0.15, 0.2) is 0 Å². The minimum atomic E-state index is -0.827. The van der Waals surface area contributed by atoms with Gasteiger partial charge in [-0.15, -0.1) is 0 Å². The molecule has 4 nitrogen and oxygen atoms in total. The van der Waals surface area contributed by atoms with Gasteiger partial charge in [0.2, 0.25) is 0 Å². The van der Waals surface area contributed by atoms with Gasteiger partial charge in [-0.25, -0.2) is 4.39 Å². The summed E-state index contributed by atoms with van der Waals surface area (Å²) < 4.78 is 24.7. The maximum absolute atomic E-state index is 13.9. The second-order valence-electron chi connectivity index (χ2n) is 7.04. The van der Waals surface area contributed by atoms with Crippen LogP contribution in [0.15, 0.2) is 0 Å². The lowest BCUT2D eigenvalue weighted by atomic mass is 9.95. The number of halogens is 1. The Morgan fingerprint density at radius 2 is 1.54 bits per heavy atom. The summed E-state index contributed by atoms with van der Waals surface area (Å²) in [6.07, 6.45) is 2.57. The third kappa shape index (κ3) is 10.2. The molecule has 0 aromatic carbocycles. The normalized spacial score (nSPS) is 25.3. The van der Waals surface area contributed by atoms with Crippen LogP contribution in [0.25, 0.3) is 0 Å². The molecule has 0 N–H and O–H groups in total. The number of methoxy groups -OCH3 is 1. The van der Waals surface area contributed by atoms with Crippen molar-refractivity contribution in [2.75, 3.05) is 53.0 Å². The first-order valence-electron chi connectivity index (χ1n) is 10.8. The van der Waals surface area contributed by atoms with Crippen LogP contribution in [0.2, 0.25) is 0 Å². The van der Waals surface area contributed by atoms with E-state index in [1.807, 2.05) is 27.7 Å². The fourth-order valence-electron chi connectivity index (χ4n) is 3.55. The van der Waals surface area contributed by atoms with Gasteiger partial charge in [0.25, 0.3) is 0 Å². The maximum Gasteiger partial charge on any atom is 0.139 e. The largest absolute Gasteiger partial charge is 0.378 e. The number of nitrogens with zero attached hydrogens (tertiary/aromatic N) is 2. The molecule has 0 aromatic rings. The molecule has 2 saturated heterocycles. The first-order valence-corrected chi connectivity index (χ1v) is 10.8. The SMILES string of the molecule is CC.CC.COC1CCN(CC2CCN(CCOC(C)C)CC2)CC1F. The lowest BCUT2D eigenvalue weighted by Gasteiger charge is -2.38. The Bertz CT molecular complexity index is 310. The number of rotatable bonds is 7. The molecule has 2 atom stereocenters. The Morgan fingerprint density at radius 3 is 2.04 bits per heavy atom. The highest BCUT2D eigenvalue weighted by Crippen LogP contribution is 2.22. The third-order valence-corrected chi connectivity index (χ3v) is 4.95. The summed E-state index contributed by atoms with van der Waals surface area (Å²) in [5.41, 5.74) is 0. The monoisotopic (exact) mass is 376 g/mol. The van der Waals surface area contributed by atoms with E-state index in [0.717, 1.165) is 45.8 Å². The van der Waals surface area contributed by atoms with E-state index in [-0.39, 0.29) is 6.10 Å². The van der Waals surface area contributed by atoms with E-state index in [9.17, 15) is 4.39 Å². The molecule has 2 heterocycles. The summed E-state index contributed by atoms with van der Waals surface area (Å²) in [5.74, 6) is 0.716. The second kappa shape index (κ2) is 15.8. The molecule has 0 aromatic heterocycles. The van der Waals surface area contributed by atoms with E-state index < -0.39 is 6.17 Å². The van der Waals surface area contributed by atoms with E-state index in [1.54, 1.807) is 7.11 Å². The van der Waals surface area contributed by atoms with Gasteiger partial charge in [0.1, 0.15) is 6.17 Å². The van der Waals surface area contributed by atoms with Crippen LogP contribution in [0.5, 0.6) is 0 Å². The van der Waals surface area contributed by atoms with Crippen molar-refractivity contribution in [2.45, 2.75) is 79.2 Å².